The molecule has 0 bridgehead atoms. The molecule has 1 aromatic rings. The number of hydrogen-bond donors (Lipinski definition) is 2. The van der Waals surface area contributed by atoms with Gasteiger partial charge in [0.25, 0.3) is 0 Å². The Morgan fingerprint density at radius 2 is 2.13 bits per heavy atom. The number of amides is 1. The molecule has 3 rings (SSSR count). The van der Waals surface area contributed by atoms with Gasteiger partial charge in [0.2, 0.25) is 5.91 Å². The molecule has 3 atom stereocenters. The summed E-state index contributed by atoms with van der Waals surface area (Å²) < 4.78 is 0. The molecule has 2 aliphatic rings. The van der Waals surface area contributed by atoms with Crippen LogP contribution in [0.15, 0.2) is 18.2 Å². The smallest absolute Gasteiger partial charge is 0.248 e. The minimum absolute atomic E-state index is 0.112. The average molecular weight is 316 g/mol. The third kappa shape index (κ3) is 2.23. The highest BCUT2D eigenvalue weighted by atomic mass is 16.3. The number of carbonyl (C=O) groups excluding carboxylic acids is 1. The molecule has 0 aromatic heterocycles. The van der Waals surface area contributed by atoms with E-state index in [1.807, 2.05) is 18.2 Å². The molecule has 1 aliphatic carbocycles. The highest BCUT2D eigenvalue weighted by molar-refractivity contribution is 5.93. The van der Waals surface area contributed by atoms with E-state index in [1.54, 1.807) is 0 Å². The van der Waals surface area contributed by atoms with Gasteiger partial charge in [-0.25, -0.2) is 0 Å². The Bertz CT molecular complexity index is 630. The van der Waals surface area contributed by atoms with Crippen molar-refractivity contribution in [2.24, 2.45) is 5.73 Å². The molecule has 0 radical (unpaired) electrons. The van der Waals surface area contributed by atoms with Crippen molar-refractivity contribution in [1.29, 1.82) is 0 Å². The maximum atomic E-state index is 11.7. The van der Waals surface area contributed by atoms with E-state index in [0.717, 1.165) is 44.2 Å². The predicted octanol–water partition coefficient (Wildman–Crippen LogP) is 2.22. The number of nitrogens with two attached hydrogens (primary N) is 1. The molecule has 1 heterocycles. The Hall–Kier alpha value is -1.39. The average Bonchev–Trinajstić information content (AvgIpc) is 2.90. The first-order chi connectivity index (χ1) is 10.9. The lowest BCUT2D eigenvalue weighted by Gasteiger charge is -2.54. The van der Waals surface area contributed by atoms with Gasteiger partial charge >= 0.3 is 0 Å². The van der Waals surface area contributed by atoms with Crippen LogP contribution in [0.2, 0.25) is 0 Å². The topological polar surface area (TPSA) is 66.6 Å². The van der Waals surface area contributed by atoms with E-state index >= 15 is 0 Å². The zero-order valence-electron chi connectivity index (χ0n) is 14.4. The maximum absolute atomic E-state index is 11.7. The van der Waals surface area contributed by atoms with Crippen LogP contribution in [0.5, 0.6) is 0 Å². The van der Waals surface area contributed by atoms with Crippen molar-refractivity contribution in [1.82, 2.24) is 4.90 Å². The lowest BCUT2D eigenvalue weighted by Crippen LogP contribution is -2.64. The SMILES string of the molecule is CCc1ccc(C(N)=O)cc1C12CCCC1(O)C(C)N(C)CC2. The number of likely N-dealkylation sites (tertiary alicyclic amines) is 1. The van der Waals surface area contributed by atoms with Crippen molar-refractivity contribution in [2.45, 2.75) is 63.0 Å². The molecule has 1 amide bonds. The number of rotatable bonds is 3. The fourth-order valence-corrected chi connectivity index (χ4v) is 4.98. The molecule has 1 aliphatic heterocycles. The number of aliphatic hydroxyl groups is 1. The number of aryl methyl sites for hydroxylation is 1. The Kier molecular flexibility index (Phi) is 4.01. The van der Waals surface area contributed by atoms with Crippen LogP contribution in [-0.2, 0) is 11.8 Å². The van der Waals surface area contributed by atoms with E-state index in [9.17, 15) is 9.90 Å². The summed E-state index contributed by atoms with van der Waals surface area (Å²) >= 11 is 0. The normalized spacial score (nSPS) is 34.3. The van der Waals surface area contributed by atoms with Gasteiger partial charge in [0.05, 0.1) is 5.60 Å². The van der Waals surface area contributed by atoms with E-state index < -0.39 is 11.5 Å². The van der Waals surface area contributed by atoms with E-state index in [-0.39, 0.29) is 11.5 Å². The first-order valence-electron chi connectivity index (χ1n) is 8.71. The van der Waals surface area contributed by atoms with Crippen molar-refractivity contribution in [2.75, 3.05) is 13.6 Å². The van der Waals surface area contributed by atoms with Crippen LogP contribution >= 0.6 is 0 Å². The second kappa shape index (κ2) is 5.60. The molecule has 2 fully saturated rings. The summed E-state index contributed by atoms with van der Waals surface area (Å²) in [6, 6.07) is 5.90. The molecule has 4 heteroatoms. The number of carbonyl (C=O) groups is 1. The van der Waals surface area contributed by atoms with Gasteiger partial charge in [0.15, 0.2) is 0 Å². The molecule has 1 saturated carbocycles. The molecule has 0 spiro atoms. The van der Waals surface area contributed by atoms with Crippen molar-refractivity contribution in [3.8, 4) is 0 Å². The summed E-state index contributed by atoms with van der Waals surface area (Å²) in [4.78, 5) is 13.9. The van der Waals surface area contributed by atoms with Crippen LogP contribution in [0.4, 0.5) is 0 Å². The zero-order valence-corrected chi connectivity index (χ0v) is 14.4. The zero-order chi connectivity index (χ0) is 16.8. The number of primary amides is 1. The molecule has 1 saturated heterocycles. The Balaban J connectivity index is 2.19. The number of benzene rings is 1. The van der Waals surface area contributed by atoms with Gasteiger partial charge < -0.3 is 15.7 Å². The fraction of sp³-hybridized carbons (Fsp3) is 0.632. The minimum Gasteiger partial charge on any atom is -0.387 e. The molecule has 3 N–H and O–H groups in total. The molecular weight excluding hydrogens is 288 g/mol. The quantitative estimate of drug-likeness (QED) is 0.898. The molecule has 1 aromatic carbocycles. The van der Waals surface area contributed by atoms with Gasteiger partial charge in [-0.05, 0) is 75.9 Å². The molecule has 3 unspecified atom stereocenters. The lowest BCUT2D eigenvalue weighted by molar-refractivity contribution is -0.110. The van der Waals surface area contributed by atoms with Crippen LogP contribution in [0, 0.1) is 0 Å². The third-order valence-corrected chi connectivity index (χ3v) is 6.52. The van der Waals surface area contributed by atoms with Gasteiger partial charge in [0, 0.05) is 17.0 Å². The van der Waals surface area contributed by atoms with Crippen molar-refractivity contribution < 1.29 is 9.90 Å². The number of likely N-dealkylation sites (N-methyl/N-ethyl adjacent to an activating group) is 1. The Labute approximate surface area is 138 Å². The standard InChI is InChI=1S/C19H28N2O2/c1-4-14-6-7-15(17(20)22)12-16(14)18-8-5-9-19(18,23)13(2)21(3)11-10-18/h6-7,12-13,23H,4-5,8-11H2,1-3H3,(H2,20,22). The summed E-state index contributed by atoms with van der Waals surface area (Å²) in [5, 5.41) is 11.6. The summed E-state index contributed by atoms with van der Waals surface area (Å²) in [5.41, 5.74) is 7.45. The van der Waals surface area contributed by atoms with Gasteiger partial charge in [-0.3, -0.25) is 4.79 Å². The van der Waals surface area contributed by atoms with Crippen molar-refractivity contribution in [3.63, 3.8) is 0 Å². The predicted molar refractivity (Wildman–Crippen MR) is 91.5 cm³/mol. The van der Waals surface area contributed by atoms with E-state index in [1.165, 1.54) is 5.56 Å². The van der Waals surface area contributed by atoms with E-state index in [0.29, 0.717) is 5.56 Å². The van der Waals surface area contributed by atoms with Crippen molar-refractivity contribution >= 4 is 5.91 Å². The first-order valence-corrected chi connectivity index (χ1v) is 8.71. The van der Waals surface area contributed by atoms with E-state index in [4.69, 9.17) is 5.73 Å². The van der Waals surface area contributed by atoms with Crippen LogP contribution in [0.3, 0.4) is 0 Å². The summed E-state index contributed by atoms with van der Waals surface area (Å²) in [6.07, 6.45) is 4.66. The highest BCUT2D eigenvalue weighted by Gasteiger charge is 2.60. The second-order valence-corrected chi connectivity index (χ2v) is 7.36. The summed E-state index contributed by atoms with van der Waals surface area (Å²) in [5.74, 6) is -0.396. The number of fused-ring (bicyclic) bond motifs is 1. The van der Waals surface area contributed by atoms with Gasteiger partial charge in [-0.1, -0.05) is 13.0 Å². The summed E-state index contributed by atoms with van der Waals surface area (Å²) in [7, 11) is 2.09. The first kappa shape index (κ1) is 16.5. The van der Waals surface area contributed by atoms with Gasteiger partial charge in [0.1, 0.15) is 0 Å². The minimum atomic E-state index is -0.736. The van der Waals surface area contributed by atoms with Gasteiger partial charge in [-0.2, -0.15) is 0 Å². The Morgan fingerprint density at radius 3 is 2.78 bits per heavy atom. The fourth-order valence-electron chi connectivity index (χ4n) is 4.98. The number of hydrogen-bond acceptors (Lipinski definition) is 3. The lowest BCUT2D eigenvalue weighted by atomic mass is 9.61. The largest absolute Gasteiger partial charge is 0.387 e. The van der Waals surface area contributed by atoms with Crippen LogP contribution < -0.4 is 5.73 Å². The highest BCUT2D eigenvalue weighted by Crippen LogP contribution is 2.56. The maximum Gasteiger partial charge on any atom is 0.248 e. The van der Waals surface area contributed by atoms with Gasteiger partial charge in [-0.15, -0.1) is 0 Å². The molecular formula is C19H28N2O2. The second-order valence-electron chi connectivity index (χ2n) is 7.36. The van der Waals surface area contributed by atoms with Crippen LogP contribution in [-0.4, -0.2) is 41.1 Å². The van der Waals surface area contributed by atoms with Crippen LogP contribution in [0.1, 0.15) is 61.0 Å². The molecule has 23 heavy (non-hydrogen) atoms. The molecule has 126 valence electrons. The number of nitrogens with zero attached hydrogens (tertiary/aromatic N) is 1. The molecule has 4 nitrogen and oxygen atoms in total. The number of piperidine rings is 1. The van der Waals surface area contributed by atoms with Crippen LogP contribution in [0.25, 0.3) is 0 Å². The third-order valence-electron chi connectivity index (χ3n) is 6.52. The van der Waals surface area contributed by atoms with E-state index in [2.05, 4.69) is 25.8 Å². The summed E-state index contributed by atoms with van der Waals surface area (Å²) in [6.45, 7) is 5.22. The monoisotopic (exact) mass is 316 g/mol. The van der Waals surface area contributed by atoms with Crippen molar-refractivity contribution in [3.05, 3.63) is 34.9 Å². The Morgan fingerprint density at radius 1 is 1.39 bits per heavy atom.